The Morgan fingerprint density at radius 3 is 2.54 bits per heavy atom. The van der Waals surface area contributed by atoms with Gasteiger partial charge in [0.25, 0.3) is 5.91 Å². The average Bonchev–Trinajstić information content (AvgIpc) is 2.55. The minimum atomic E-state index is -0.583. The van der Waals surface area contributed by atoms with Crippen molar-refractivity contribution >= 4 is 23.6 Å². The van der Waals surface area contributed by atoms with Crippen molar-refractivity contribution in [2.75, 3.05) is 6.54 Å². The van der Waals surface area contributed by atoms with Gasteiger partial charge < -0.3 is 10.1 Å². The number of aryl methyl sites for hydroxylation is 2. The van der Waals surface area contributed by atoms with E-state index in [0.29, 0.717) is 10.6 Å². The summed E-state index contributed by atoms with van der Waals surface area (Å²) in [6, 6.07) is 9.51. The number of hydrogen-bond donors (Lipinski definition) is 1. The Bertz CT molecular complexity index is 813. The molecule has 0 atom stereocenters. The van der Waals surface area contributed by atoms with Crippen LogP contribution in [0.25, 0.3) is 0 Å². The summed E-state index contributed by atoms with van der Waals surface area (Å²) in [6.07, 6.45) is 1.65. The third kappa shape index (κ3) is 5.88. The first-order valence-corrected chi connectivity index (χ1v) is 9.17. The summed E-state index contributed by atoms with van der Waals surface area (Å²) in [7, 11) is 0. The van der Waals surface area contributed by atoms with Gasteiger partial charge in [-0.3, -0.25) is 9.59 Å². The highest BCUT2D eigenvalue weighted by Crippen LogP contribution is 2.29. The standard InChI is InChI=1S/C20H24N2O3S/c1-13-8-9-15(11-14(13)2)26-19-16(7-6-10-21-19)18(24)22-12-17(23)25-20(3,4)5/h6-11H,12H2,1-5H3,(H,22,24). The number of nitrogens with one attached hydrogen (secondary N) is 1. The molecule has 0 radical (unpaired) electrons. The van der Waals surface area contributed by atoms with Crippen LogP contribution in [0.15, 0.2) is 46.5 Å². The molecule has 0 saturated heterocycles. The molecule has 1 heterocycles. The summed E-state index contributed by atoms with van der Waals surface area (Å²) in [6.45, 7) is 9.27. The molecule has 0 unspecified atom stereocenters. The van der Waals surface area contributed by atoms with E-state index >= 15 is 0 Å². The van der Waals surface area contributed by atoms with Gasteiger partial charge in [0.15, 0.2) is 0 Å². The second-order valence-corrected chi connectivity index (χ2v) is 8.04. The molecule has 0 spiro atoms. The Balaban J connectivity index is 2.09. The number of hydrogen-bond acceptors (Lipinski definition) is 5. The predicted molar refractivity (Wildman–Crippen MR) is 102 cm³/mol. The summed E-state index contributed by atoms with van der Waals surface area (Å²) >= 11 is 1.42. The molecule has 2 aromatic rings. The van der Waals surface area contributed by atoms with E-state index in [-0.39, 0.29) is 12.5 Å². The maximum absolute atomic E-state index is 12.5. The normalized spacial score (nSPS) is 11.1. The van der Waals surface area contributed by atoms with Crippen molar-refractivity contribution in [3.63, 3.8) is 0 Å². The Morgan fingerprint density at radius 1 is 1.15 bits per heavy atom. The van der Waals surface area contributed by atoms with Crippen LogP contribution >= 0.6 is 11.8 Å². The second-order valence-electron chi connectivity index (χ2n) is 6.97. The van der Waals surface area contributed by atoms with Crippen LogP contribution in [0.5, 0.6) is 0 Å². The van der Waals surface area contributed by atoms with E-state index in [1.165, 1.54) is 22.9 Å². The van der Waals surface area contributed by atoms with Crippen molar-refractivity contribution in [2.24, 2.45) is 0 Å². The molecule has 0 fully saturated rings. The fraction of sp³-hybridized carbons (Fsp3) is 0.350. The molecule has 1 N–H and O–H groups in total. The lowest BCUT2D eigenvalue weighted by molar-refractivity contribution is -0.153. The van der Waals surface area contributed by atoms with E-state index in [0.717, 1.165) is 4.90 Å². The van der Waals surface area contributed by atoms with Crippen LogP contribution < -0.4 is 5.32 Å². The van der Waals surface area contributed by atoms with Crippen LogP contribution in [0.1, 0.15) is 42.3 Å². The molecule has 5 nitrogen and oxygen atoms in total. The summed E-state index contributed by atoms with van der Waals surface area (Å²) in [4.78, 5) is 29.6. The Labute approximate surface area is 158 Å². The number of ether oxygens (including phenoxy) is 1. The van der Waals surface area contributed by atoms with Crippen LogP contribution in [0, 0.1) is 13.8 Å². The lowest BCUT2D eigenvalue weighted by atomic mass is 10.1. The molecule has 0 bridgehead atoms. The van der Waals surface area contributed by atoms with Crippen molar-refractivity contribution in [3.8, 4) is 0 Å². The second kappa shape index (κ2) is 8.36. The zero-order valence-electron chi connectivity index (χ0n) is 15.8. The minimum absolute atomic E-state index is 0.182. The summed E-state index contributed by atoms with van der Waals surface area (Å²) in [5.41, 5.74) is 2.24. The number of esters is 1. The van der Waals surface area contributed by atoms with Gasteiger partial charge >= 0.3 is 5.97 Å². The third-order valence-corrected chi connectivity index (χ3v) is 4.53. The largest absolute Gasteiger partial charge is 0.459 e. The number of aromatic nitrogens is 1. The van der Waals surface area contributed by atoms with Gasteiger partial charge in [-0.05, 0) is 70.0 Å². The van der Waals surface area contributed by atoms with E-state index in [1.54, 1.807) is 39.1 Å². The predicted octanol–water partition coefficient (Wildman–Crippen LogP) is 3.92. The third-order valence-electron chi connectivity index (χ3n) is 3.52. The molecular weight excluding hydrogens is 348 g/mol. The number of benzene rings is 1. The zero-order chi connectivity index (χ0) is 19.3. The first kappa shape index (κ1) is 20.0. The van der Waals surface area contributed by atoms with E-state index in [2.05, 4.69) is 23.3 Å². The van der Waals surface area contributed by atoms with Gasteiger partial charge in [0, 0.05) is 11.1 Å². The fourth-order valence-electron chi connectivity index (χ4n) is 2.16. The first-order chi connectivity index (χ1) is 12.2. The van der Waals surface area contributed by atoms with Gasteiger partial charge in [-0.25, -0.2) is 4.98 Å². The molecule has 1 aromatic carbocycles. The van der Waals surface area contributed by atoms with Crippen LogP contribution in [-0.4, -0.2) is 29.0 Å². The molecule has 0 saturated carbocycles. The van der Waals surface area contributed by atoms with Crippen molar-refractivity contribution < 1.29 is 14.3 Å². The van der Waals surface area contributed by atoms with Crippen molar-refractivity contribution in [1.29, 1.82) is 0 Å². The fourth-order valence-corrected chi connectivity index (χ4v) is 3.14. The van der Waals surface area contributed by atoms with Gasteiger partial charge in [0.1, 0.15) is 17.2 Å². The highest BCUT2D eigenvalue weighted by atomic mass is 32.2. The van der Waals surface area contributed by atoms with Gasteiger partial charge in [-0.2, -0.15) is 0 Å². The molecule has 1 amide bonds. The lowest BCUT2D eigenvalue weighted by Crippen LogP contribution is -2.34. The molecule has 0 aliphatic carbocycles. The Kier molecular flexibility index (Phi) is 6.42. The topological polar surface area (TPSA) is 68.3 Å². The highest BCUT2D eigenvalue weighted by molar-refractivity contribution is 7.99. The van der Waals surface area contributed by atoms with E-state index in [9.17, 15) is 9.59 Å². The maximum Gasteiger partial charge on any atom is 0.325 e. The number of carbonyl (C=O) groups excluding carboxylic acids is 2. The van der Waals surface area contributed by atoms with E-state index < -0.39 is 11.6 Å². The minimum Gasteiger partial charge on any atom is -0.459 e. The molecule has 26 heavy (non-hydrogen) atoms. The molecule has 2 rings (SSSR count). The summed E-state index contributed by atoms with van der Waals surface area (Å²) in [5, 5.41) is 3.20. The van der Waals surface area contributed by atoms with Crippen LogP contribution in [0.3, 0.4) is 0 Å². The van der Waals surface area contributed by atoms with Crippen LogP contribution in [0.2, 0.25) is 0 Å². The molecular formula is C20H24N2O3S. The highest BCUT2D eigenvalue weighted by Gasteiger charge is 2.18. The molecule has 138 valence electrons. The van der Waals surface area contributed by atoms with Gasteiger partial charge in [0.05, 0.1) is 5.56 Å². The van der Waals surface area contributed by atoms with Gasteiger partial charge in [-0.1, -0.05) is 17.8 Å². The molecule has 0 aliphatic heterocycles. The number of nitrogens with zero attached hydrogens (tertiary/aromatic N) is 1. The Morgan fingerprint density at radius 2 is 1.88 bits per heavy atom. The van der Waals surface area contributed by atoms with Crippen LogP contribution in [-0.2, 0) is 9.53 Å². The summed E-state index contributed by atoms with van der Waals surface area (Å²) < 4.78 is 5.20. The average molecular weight is 372 g/mol. The maximum atomic E-state index is 12.5. The molecule has 6 heteroatoms. The number of amides is 1. The molecule has 0 aliphatic rings. The van der Waals surface area contributed by atoms with Crippen molar-refractivity contribution in [1.82, 2.24) is 10.3 Å². The van der Waals surface area contributed by atoms with E-state index in [4.69, 9.17) is 4.74 Å². The SMILES string of the molecule is Cc1ccc(Sc2ncccc2C(=O)NCC(=O)OC(C)(C)C)cc1C. The van der Waals surface area contributed by atoms with Gasteiger partial charge in [0.2, 0.25) is 0 Å². The Hall–Kier alpha value is -2.34. The zero-order valence-corrected chi connectivity index (χ0v) is 16.6. The quantitative estimate of drug-likeness (QED) is 0.806. The van der Waals surface area contributed by atoms with Crippen molar-refractivity contribution in [2.45, 2.75) is 50.1 Å². The van der Waals surface area contributed by atoms with Crippen molar-refractivity contribution in [3.05, 3.63) is 53.2 Å². The lowest BCUT2D eigenvalue weighted by Gasteiger charge is -2.19. The number of pyridine rings is 1. The molecule has 1 aromatic heterocycles. The number of rotatable bonds is 5. The summed E-state index contributed by atoms with van der Waals surface area (Å²) in [5.74, 6) is -0.826. The monoisotopic (exact) mass is 372 g/mol. The first-order valence-electron chi connectivity index (χ1n) is 8.36. The number of carbonyl (C=O) groups is 2. The van der Waals surface area contributed by atoms with E-state index in [1.807, 2.05) is 19.1 Å². The van der Waals surface area contributed by atoms with Crippen LogP contribution in [0.4, 0.5) is 0 Å². The smallest absolute Gasteiger partial charge is 0.325 e. The van der Waals surface area contributed by atoms with Gasteiger partial charge in [-0.15, -0.1) is 0 Å².